The van der Waals surface area contributed by atoms with Crippen molar-refractivity contribution in [2.24, 2.45) is 0 Å². The molecule has 0 aromatic heterocycles. The minimum absolute atomic E-state index is 0.669. The number of aliphatic hydroxyl groups excluding tert-OH is 8. The van der Waals surface area contributed by atoms with Gasteiger partial charge in [0.1, 0.15) is 49.3 Å². The van der Waals surface area contributed by atoms with Crippen molar-refractivity contribution in [1.29, 1.82) is 0 Å². The molecule has 2 heterocycles. The van der Waals surface area contributed by atoms with Gasteiger partial charge in [0.2, 0.25) is 5.79 Å². The van der Waals surface area contributed by atoms with Crippen LogP contribution in [0.25, 0.3) is 0 Å². The van der Waals surface area contributed by atoms with Gasteiger partial charge in [-0.05, 0) is 0 Å². The van der Waals surface area contributed by atoms with E-state index in [0.717, 1.165) is 0 Å². The van der Waals surface area contributed by atoms with Gasteiger partial charge in [-0.3, -0.25) is 0 Å². The van der Waals surface area contributed by atoms with Crippen LogP contribution in [0, 0.1) is 0 Å². The van der Waals surface area contributed by atoms with E-state index in [1.165, 1.54) is 0 Å². The summed E-state index contributed by atoms with van der Waals surface area (Å²) in [6, 6.07) is 0. The number of ether oxygens (including phenoxy) is 3. The number of hydrogen-bond acceptors (Lipinski definition) is 11. The molecule has 0 radical (unpaired) electrons. The zero-order chi connectivity index (χ0) is 17.4. The van der Waals surface area contributed by atoms with Crippen molar-refractivity contribution in [1.82, 2.24) is 0 Å². The fourth-order valence-corrected chi connectivity index (χ4v) is 2.63. The zero-order valence-corrected chi connectivity index (χ0v) is 12.0. The number of hydrogen-bond donors (Lipinski definition) is 8. The Labute approximate surface area is 130 Å². The third-order valence-corrected chi connectivity index (χ3v) is 4.07. The van der Waals surface area contributed by atoms with Crippen LogP contribution in [-0.2, 0) is 14.2 Å². The molecule has 0 bridgehead atoms. The number of rotatable bonds is 5. The van der Waals surface area contributed by atoms with Crippen molar-refractivity contribution < 1.29 is 55.1 Å². The minimum atomic E-state index is -2.22. The molecule has 2 fully saturated rings. The van der Waals surface area contributed by atoms with Crippen LogP contribution in [0.1, 0.15) is 0 Å². The molecule has 8 N–H and O–H groups in total. The van der Waals surface area contributed by atoms with E-state index in [2.05, 4.69) is 0 Å². The van der Waals surface area contributed by atoms with Crippen LogP contribution < -0.4 is 0 Å². The van der Waals surface area contributed by atoms with Gasteiger partial charge in [-0.1, -0.05) is 0 Å². The van der Waals surface area contributed by atoms with Gasteiger partial charge in [0, 0.05) is 0 Å². The molecule has 23 heavy (non-hydrogen) atoms. The van der Waals surface area contributed by atoms with Crippen LogP contribution in [0.3, 0.4) is 0 Å². The molecule has 11 nitrogen and oxygen atoms in total. The third kappa shape index (κ3) is 3.23. The molecule has 0 saturated carbocycles. The average molecular weight is 342 g/mol. The van der Waals surface area contributed by atoms with Crippen LogP contribution in [0.4, 0.5) is 0 Å². The molecule has 0 aliphatic carbocycles. The van der Waals surface area contributed by atoms with E-state index in [4.69, 9.17) is 24.4 Å². The van der Waals surface area contributed by atoms with Gasteiger partial charge in [0.05, 0.1) is 13.2 Å². The van der Waals surface area contributed by atoms with E-state index in [1.54, 1.807) is 0 Å². The molecule has 2 aliphatic heterocycles. The summed E-state index contributed by atoms with van der Waals surface area (Å²) >= 11 is 0. The molecule has 2 aliphatic rings. The van der Waals surface area contributed by atoms with Crippen molar-refractivity contribution in [3.05, 3.63) is 0 Å². The maximum atomic E-state index is 10.00. The molecule has 0 aromatic rings. The lowest BCUT2D eigenvalue weighted by Gasteiger charge is -2.43. The first kappa shape index (κ1) is 18.9. The molecular formula is C12H22O11. The highest BCUT2D eigenvalue weighted by Gasteiger charge is 2.58. The normalized spacial score (nSPS) is 51.1. The molecule has 2 saturated heterocycles. The maximum absolute atomic E-state index is 10.00. The topological polar surface area (TPSA) is 190 Å². The predicted molar refractivity (Wildman–Crippen MR) is 68.6 cm³/mol. The lowest BCUT2D eigenvalue weighted by molar-refractivity contribution is -0.383. The molecule has 9 atom stereocenters. The van der Waals surface area contributed by atoms with Crippen LogP contribution in [0.2, 0.25) is 0 Å². The van der Waals surface area contributed by atoms with E-state index in [1.807, 2.05) is 0 Å². The summed E-state index contributed by atoms with van der Waals surface area (Å²) in [6.45, 7) is -2.32. The number of aliphatic hydroxyl groups is 8. The van der Waals surface area contributed by atoms with Crippen molar-refractivity contribution >= 4 is 0 Å². The second-order valence-electron chi connectivity index (χ2n) is 5.56. The van der Waals surface area contributed by atoms with Gasteiger partial charge >= 0.3 is 0 Å². The van der Waals surface area contributed by atoms with E-state index >= 15 is 0 Å². The summed E-state index contributed by atoms with van der Waals surface area (Å²) in [5.41, 5.74) is 0. The Bertz CT molecular complexity index is 393. The van der Waals surface area contributed by atoms with Gasteiger partial charge in [0.25, 0.3) is 0 Å². The summed E-state index contributed by atoms with van der Waals surface area (Å²) in [5, 5.41) is 76.7. The molecule has 0 amide bonds. The Kier molecular flexibility index (Phi) is 5.92. The Morgan fingerprint density at radius 3 is 1.87 bits per heavy atom. The molecule has 0 spiro atoms. The highest BCUT2D eigenvalue weighted by atomic mass is 16.8. The quantitative estimate of drug-likeness (QED) is 0.238. The van der Waals surface area contributed by atoms with Crippen LogP contribution in [0.5, 0.6) is 0 Å². The third-order valence-electron chi connectivity index (χ3n) is 4.07. The summed E-state index contributed by atoms with van der Waals surface area (Å²) in [7, 11) is 0. The highest BCUT2D eigenvalue weighted by molar-refractivity contribution is 4.98. The average Bonchev–Trinajstić information content (AvgIpc) is 2.80. The van der Waals surface area contributed by atoms with Crippen LogP contribution >= 0.6 is 0 Å². The van der Waals surface area contributed by atoms with Crippen molar-refractivity contribution in [2.45, 2.75) is 54.8 Å². The SMILES string of the molecule is OC[C@@H]1O[C@H](O[C@]2(CO)O[C@@H](CO)[C@H](O)[C@@H]2O)[C@@H](O)[C@H](O)[C@H]1O. The Hall–Kier alpha value is -0.440. The highest BCUT2D eigenvalue weighted by Crippen LogP contribution is 2.35. The smallest absolute Gasteiger partial charge is 0.224 e. The van der Waals surface area contributed by atoms with Gasteiger partial charge in [-0.15, -0.1) is 0 Å². The fraction of sp³-hybridized carbons (Fsp3) is 1.00. The minimum Gasteiger partial charge on any atom is -0.394 e. The lowest BCUT2D eigenvalue weighted by Crippen LogP contribution is -2.62. The van der Waals surface area contributed by atoms with Gasteiger partial charge in [0.15, 0.2) is 6.29 Å². The van der Waals surface area contributed by atoms with Crippen molar-refractivity contribution in [3.63, 3.8) is 0 Å². The van der Waals surface area contributed by atoms with E-state index in [-0.39, 0.29) is 0 Å². The molecule has 0 aromatic carbocycles. The maximum Gasteiger partial charge on any atom is 0.224 e. The predicted octanol–water partition coefficient (Wildman–Crippen LogP) is -5.40. The van der Waals surface area contributed by atoms with Crippen LogP contribution in [0.15, 0.2) is 0 Å². The summed E-state index contributed by atoms with van der Waals surface area (Å²) in [5.74, 6) is -2.22. The zero-order valence-electron chi connectivity index (χ0n) is 12.0. The Morgan fingerprint density at radius 1 is 0.783 bits per heavy atom. The van der Waals surface area contributed by atoms with Gasteiger partial charge < -0.3 is 55.1 Å². The van der Waals surface area contributed by atoms with E-state index in [0.29, 0.717) is 0 Å². The summed E-state index contributed by atoms with van der Waals surface area (Å²) in [6.07, 6.45) is -12.7. The largest absolute Gasteiger partial charge is 0.394 e. The Morgan fingerprint density at radius 2 is 1.39 bits per heavy atom. The molecular weight excluding hydrogens is 320 g/mol. The first-order chi connectivity index (χ1) is 10.8. The second-order valence-corrected chi connectivity index (χ2v) is 5.56. The first-order valence-electron chi connectivity index (χ1n) is 7.05. The van der Waals surface area contributed by atoms with E-state index in [9.17, 15) is 30.6 Å². The fourth-order valence-electron chi connectivity index (χ4n) is 2.63. The van der Waals surface area contributed by atoms with Gasteiger partial charge in [-0.2, -0.15) is 0 Å². The Balaban J connectivity index is 2.18. The second kappa shape index (κ2) is 7.21. The van der Waals surface area contributed by atoms with Gasteiger partial charge in [-0.25, -0.2) is 0 Å². The van der Waals surface area contributed by atoms with Crippen molar-refractivity contribution in [3.8, 4) is 0 Å². The van der Waals surface area contributed by atoms with Crippen LogP contribution in [-0.4, -0.2) is 115 Å². The standard InChI is InChI=1S/C12H22O11/c13-1-4-6(16)8(18)9(19)11(21-4)23-12(3-15)10(20)7(17)5(2-14)22-12/h4-11,13-20H,1-3H2/t4-,5-,6-,7-,8+,9-,10-,11+,12-/m0/s1. The summed E-state index contributed by atoms with van der Waals surface area (Å²) < 4.78 is 15.4. The monoisotopic (exact) mass is 342 g/mol. The lowest BCUT2D eigenvalue weighted by atomic mass is 9.99. The summed E-state index contributed by atoms with van der Waals surface area (Å²) in [4.78, 5) is 0. The van der Waals surface area contributed by atoms with E-state index < -0.39 is 74.6 Å². The molecule has 11 heteroatoms. The first-order valence-corrected chi connectivity index (χ1v) is 7.05. The van der Waals surface area contributed by atoms with Crippen molar-refractivity contribution in [2.75, 3.05) is 19.8 Å². The molecule has 136 valence electrons. The molecule has 2 rings (SSSR count). The molecule has 0 unspecified atom stereocenters.